The molecule has 1 saturated heterocycles. The van der Waals surface area contributed by atoms with Gasteiger partial charge in [0.25, 0.3) is 0 Å². The lowest BCUT2D eigenvalue weighted by Gasteiger charge is -2.26. The van der Waals surface area contributed by atoms with Crippen LogP contribution in [0.15, 0.2) is 42.5 Å². The van der Waals surface area contributed by atoms with Crippen LogP contribution in [0.1, 0.15) is 40.6 Å². The highest BCUT2D eigenvalue weighted by molar-refractivity contribution is 7.11. The summed E-state index contributed by atoms with van der Waals surface area (Å²) < 4.78 is 0. The van der Waals surface area contributed by atoms with E-state index in [0.29, 0.717) is 0 Å². The number of benzene rings is 2. The maximum atomic E-state index is 6.18. The van der Waals surface area contributed by atoms with E-state index in [2.05, 4.69) is 82.1 Å². The van der Waals surface area contributed by atoms with Crippen molar-refractivity contribution in [3.05, 3.63) is 68.4 Å². The Hall–Kier alpha value is -1.35. The number of nitrogens with zero attached hydrogens (tertiary/aromatic N) is 1. The molecule has 1 nitrogen and oxygen atoms in total. The van der Waals surface area contributed by atoms with Gasteiger partial charge in [-0.1, -0.05) is 54.4 Å². The molecule has 28 heavy (non-hydrogen) atoms. The second kappa shape index (κ2) is 11.0. The van der Waals surface area contributed by atoms with Crippen molar-refractivity contribution in [2.75, 3.05) is 20.1 Å². The van der Waals surface area contributed by atoms with Crippen LogP contribution in [0.5, 0.6) is 0 Å². The number of hydrogen-bond acceptors (Lipinski definition) is 2. The number of halogens is 1. The molecule has 0 saturated carbocycles. The van der Waals surface area contributed by atoms with Crippen LogP contribution in [0.3, 0.4) is 0 Å². The zero-order valence-electron chi connectivity index (χ0n) is 18.2. The van der Waals surface area contributed by atoms with E-state index in [0.717, 1.165) is 21.9 Å². The SMILES string of the molecule is CC1CCN(C)CC1.Cc1ccc(C)s1.Cc1ccc2c(Cl)c(C)ccc2c1. The van der Waals surface area contributed by atoms with Crippen LogP contribution in [0, 0.1) is 33.6 Å². The van der Waals surface area contributed by atoms with Gasteiger partial charge in [-0.15, -0.1) is 11.3 Å². The molecule has 1 aliphatic rings. The molecule has 0 radical (unpaired) electrons. The first-order valence-electron chi connectivity index (χ1n) is 10.1. The fourth-order valence-corrected chi connectivity index (χ4v) is 4.23. The third kappa shape index (κ3) is 7.24. The summed E-state index contributed by atoms with van der Waals surface area (Å²) in [7, 11) is 2.20. The first-order chi connectivity index (χ1) is 13.3. The molecule has 0 bridgehead atoms. The van der Waals surface area contributed by atoms with Crippen LogP contribution >= 0.6 is 22.9 Å². The zero-order valence-corrected chi connectivity index (χ0v) is 19.8. The van der Waals surface area contributed by atoms with E-state index in [1.165, 1.54) is 46.6 Å². The van der Waals surface area contributed by atoms with Gasteiger partial charge in [0.15, 0.2) is 0 Å². The molecule has 1 fully saturated rings. The average molecular weight is 416 g/mol. The summed E-state index contributed by atoms with van der Waals surface area (Å²) in [4.78, 5) is 5.20. The lowest BCUT2D eigenvalue weighted by molar-refractivity contribution is 0.230. The van der Waals surface area contributed by atoms with Crippen molar-refractivity contribution < 1.29 is 0 Å². The van der Waals surface area contributed by atoms with Gasteiger partial charge in [-0.3, -0.25) is 0 Å². The molecule has 2 heterocycles. The predicted octanol–water partition coefficient (Wildman–Crippen LogP) is 7.82. The van der Waals surface area contributed by atoms with E-state index < -0.39 is 0 Å². The number of hydrogen-bond donors (Lipinski definition) is 0. The largest absolute Gasteiger partial charge is 0.306 e. The third-order valence-electron chi connectivity index (χ3n) is 5.18. The molecule has 0 N–H and O–H groups in total. The molecular formula is C25H34ClNS. The summed E-state index contributed by atoms with van der Waals surface area (Å²) >= 11 is 8.02. The summed E-state index contributed by atoms with van der Waals surface area (Å²) in [5, 5.41) is 3.24. The Morgan fingerprint density at radius 3 is 2.00 bits per heavy atom. The Morgan fingerprint density at radius 2 is 1.50 bits per heavy atom. The molecule has 2 aromatic carbocycles. The van der Waals surface area contributed by atoms with Crippen LogP contribution in [0.2, 0.25) is 5.02 Å². The predicted molar refractivity (Wildman–Crippen MR) is 128 cm³/mol. The van der Waals surface area contributed by atoms with E-state index in [1.807, 2.05) is 18.3 Å². The van der Waals surface area contributed by atoms with Crippen LogP contribution < -0.4 is 0 Å². The molecule has 152 valence electrons. The Kier molecular flexibility index (Phi) is 9.01. The fourth-order valence-electron chi connectivity index (χ4n) is 3.21. The molecule has 0 aliphatic carbocycles. The molecule has 0 unspecified atom stereocenters. The number of likely N-dealkylation sites (tertiary alicyclic amines) is 1. The van der Waals surface area contributed by atoms with Crippen molar-refractivity contribution in [2.24, 2.45) is 5.92 Å². The summed E-state index contributed by atoms with van der Waals surface area (Å²) in [6.45, 7) is 13.3. The minimum Gasteiger partial charge on any atom is -0.306 e. The van der Waals surface area contributed by atoms with Crippen molar-refractivity contribution in [1.82, 2.24) is 4.90 Å². The summed E-state index contributed by atoms with van der Waals surface area (Å²) in [5.41, 5.74) is 2.41. The van der Waals surface area contributed by atoms with Crippen molar-refractivity contribution in [3.63, 3.8) is 0 Å². The fraction of sp³-hybridized carbons (Fsp3) is 0.440. The van der Waals surface area contributed by atoms with Crippen LogP contribution in [0.25, 0.3) is 10.8 Å². The van der Waals surface area contributed by atoms with E-state index in [-0.39, 0.29) is 0 Å². The molecule has 3 aromatic rings. The van der Waals surface area contributed by atoms with Crippen molar-refractivity contribution in [2.45, 2.75) is 47.5 Å². The molecule has 1 aliphatic heterocycles. The minimum atomic E-state index is 0.873. The number of aryl methyl sites for hydroxylation is 4. The normalized spacial score (nSPS) is 14.8. The van der Waals surface area contributed by atoms with E-state index in [4.69, 9.17) is 11.6 Å². The van der Waals surface area contributed by atoms with Crippen LogP contribution in [-0.2, 0) is 0 Å². The maximum Gasteiger partial charge on any atom is 0.0513 e. The first-order valence-corrected chi connectivity index (χ1v) is 11.3. The van der Waals surface area contributed by atoms with Crippen molar-refractivity contribution >= 4 is 33.7 Å². The average Bonchev–Trinajstić information content (AvgIpc) is 3.05. The highest BCUT2D eigenvalue weighted by atomic mass is 35.5. The molecule has 3 heteroatoms. The Balaban J connectivity index is 0.000000161. The van der Waals surface area contributed by atoms with Gasteiger partial charge in [-0.05, 0) is 89.7 Å². The molecule has 1 aromatic heterocycles. The first kappa shape index (κ1) is 22.9. The molecule has 0 atom stereocenters. The van der Waals surface area contributed by atoms with Gasteiger partial charge in [-0.2, -0.15) is 0 Å². The maximum absolute atomic E-state index is 6.18. The topological polar surface area (TPSA) is 3.24 Å². The quantitative estimate of drug-likeness (QED) is 0.361. The van der Waals surface area contributed by atoms with Gasteiger partial charge in [0.2, 0.25) is 0 Å². The van der Waals surface area contributed by atoms with E-state index >= 15 is 0 Å². The van der Waals surface area contributed by atoms with Crippen LogP contribution in [-0.4, -0.2) is 25.0 Å². The van der Waals surface area contributed by atoms with Crippen LogP contribution in [0.4, 0.5) is 0 Å². The monoisotopic (exact) mass is 415 g/mol. The van der Waals surface area contributed by atoms with E-state index in [9.17, 15) is 0 Å². The summed E-state index contributed by atoms with van der Waals surface area (Å²) in [6.07, 6.45) is 2.80. The summed E-state index contributed by atoms with van der Waals surface area (Å²) in [6, 6.07) is 14.8. The Labute approximate surface area is 180 Å². The van der Waals surface area contributed by atoms with Gasteiger partial charge < -0.3 is 4.90 Å². The summed E-state index contributed by atoms with van der Waals surface area (Å²) in [5.74, 6) is 0.978. The lowest BCUT2D eigenvalue weighted by atomic mass is 10.00. The molecular weight excluding hydrogens is 382 g/mol. The standard InChI is InChI=1S/C12H11Cl.C7H15N.C6H8S/c1-8-3-6-11-10(7-8)5-4-9(2)12(11)13;1-7-3-5-8(2)6-4-7;1-5-3-4-6(2)7-5/h3-7H,1-2H3;7H,3-6H2,1-2H3;3-4H,1-2H3. The van der Waals surface area contributed by atoms with Crippen molar-refractivity contribution in [1.29, 1.82) is 0 Å². The van der Waals surface area contributed by atoms with Gasteiger partial charge >= 0.3 is 0 Å². The highest BCUT2D eigenvalue weighted by Gasteiger charge is 2.10. The molecule has 0 amide bonds. The smallest absolute Gasteiger partial charge is 0.0513 e. The van der Waals surface area contributed by atoms with Gasteiger partial charge in [0.05, 0.1) is 5.02 Å². The van der Waals surface area contributed by atoms with Gasteiger partial charge in [-0.25, -0.2) is 0 Å². The zero-order chi connectivity index (χ0) is 20.7. The lowest BCUT2D eigenvalue weighted by Crippen LogP contribution is -2.28. The molecule has 4 rings (SSSR count). The number of thiophene rings is 1. The Morgan fingerprint density at radius 1 is 0.893 bits per heavy atom. The van der Waals surface area contributed by atoms with E-state index in [1.54, 1.807) is 0 Å². The highest BCUT2D eigenvalue weighted by Crippen LogP contribution is 2.27. The number of rotatable bonds is 0. The minimum absolute atomic E-state index is 0.873. The van der Waals surface area contributed by atoms with Gasteiger partial charge in [0, 0.05) is 15.1 Å². The second-order valence-electron chi connectivity index (χ2n) is 8.06. The van der Waals surface area contributed by atoms with Gasteiger partial charge in [0.1, 0.15) is 0 Å². The third-order valence-corrected chi connectivity index (χ3v) is 6.60. The Bertz CT molecular complexity index is 849. The van der Waals surface area contributed by atoms with Crippen molar-refractivity contribution in [3.8, 4) is 0 Å². The second-order valence-corrected chi connectivity index (χ2v) is 9.93. The number of piperidine rings is 1. The number of fused-ring (bicyclic) bond motifs is 1. The molecule has 0 spiro atoms.